The second-order valence-corrected chi connectivity index (χ2v) is 9.84. The fraction of sp³-hybridized carbons (Fsp3) is 0.435. The van der Waals surface area contributed by atoms with Crippen molar-refractivity contribution >= 4 is 15.9 Å². The number of nitrogens with one attached hydrogen (secondary N) is 1. The van der Waals surface area contributed by atoms with Gasteiger partial charge in [-0.15, -0.1) is 0 Å². The summed E-state index contributed by atoms with van der Waals surface area (Å²) in [6.45, 7) is 5.57. The minimum absolute atomic E-state index is 0.000439. The largest absolute Gasteiger partial charge is 0.492 e. The van der Waals surface area contributed by atoms with Gasteiger partial charge in [-0.05, 0) is 49.9 Å². The highest BCUT2D eigenvalue weighted by Crippen LogP contribution is 2.22. The van der Waals surface area contributed by atoms with Crippen LogP contribution in [0.2, 0.25) is 0 Å². The molecule has 0 atom stereocenters. The summed E-state index contributed by atoms with van der Waals surface area (Å²) in [6.07, 6.45) is 1.08. The Bertz CT molecular complexity index is 949. The van der Waals surface area contributed by atoms with Crippen molar-refractivity contribution in [1.29, 1.82) is 0 Å². The van der Waals surface area contributed by atoms with Crippen LogP contribution in [0.4, 0.5) is 0 Å². The molecule has 7 heteroatoms. The summed E-state index contributed by atoms with van der Waals surface area (Å²) in [7, 11) is -3.37. The lowest BCUT2D eigenvalue weighted by molar-refractivity contribution is -0.126. The Morgan fingerprint density at radius 3 is 2.43 bits per heavy atom. The molecular weight excluding hydrogens is 400 g/mol. The van der Waals surface area contributed by atoms with E-state index in [2.05, 4.69) is 5.32 Å². The smallest absolute Gasteiger partial charge is 0.223 e. The number of benzene rings is 2. The topological polar surface area (TPSA) is 75.7 Å². The van der Waals surface area contributed by atoms with E-state index < -0.39 is 10.0 Å². The Morgan fingerprint density at radius 2 is 1.77 bits per heavy atom. The molecule has 30 heavy (non-hydrogen) atoms. The number of rotatable bonds is 8. The van der Waals surface area contributed by atoms with Crippen LogP contribution in [-0.4, -0.2) is 44.9 Å². The second-order valence-electron chi connectivity index (χ2n) is 7.87. The number of hydrogen-bond acceptors (Lipinski definition) is 4. The molecule has 0 radical (unpaired) electrons. The monoisotopic (exact) mass is 430 g/mol. The van der Waals surface area contributed by atoms with Crippen LogP contribution >= 0.6 is 0 Å². The van der Waals surface area contributed by atoms with E-state index in [4.69, 9.17) is 4.74 Å². The predicted octanol–water partition coefficient (Wildman–Crippen LogP) is 3.04. The van der Waals surface area contributed by atoms with Crippen molar-refractivity contribution in [3.05, 3.63) is 65.2 Å². The maximum Gasteiger partial charge on any atom is 0.223 e. The first-order chi connectivity index (χ1) is 14.3. The lowest BCUT2D eigenvalue weighted by Crippen LogP contribution is -2.43. The zero-order valence-electron chi connectivity index (χ0n) is 17.6. The second kappa shape index (κ2) is 10.1. The molecule has 1 aliphatic heterocycles. The van der Waals surface area contributed by atoms with Gasteiger partial charge in [0.15, 0.2) is 0 Å². The van der Waals surface area contributed by atoms with Gasteiger partial charge in [0.1, 0.15) is 12.4 Å². The molecule has 0 spiro atoms. The summed E-state index contributed by atoms with van der Waals surface area (Å²) in [5.41, 5.74) is 3.02. The fourth-order valence-corrected chi connectivity index (χ4v) is 5.14. The molecule has 2 aromatic carbocycles. The van der Waals surface area contributed by atoms with Gasteiger partial charge < -0.3 is 10.1 Å². The minimum atomic E-state index is -3.37. The summed E-state index contributed by atoms with van der Waals surface area (Å²) >= 11 is 0. The molecule has 1 fully saturated rings. The molecule has 1 aliphatic rings. The number of ether oxygens (including phenoxy) is 1. The van der Waals surface area contributed by atoms with E-state index in [1.165, 1.54) is 4.31 Å². The first-order valence-corrected chi connectivity index (χ1v) is 11.9. The van der Waals surface area contributed by atoms with Gasteiger partial charge in [-0.1, -0.05) is 42.0 Å². The number of carbonyl (C=O) groups is 1. The Hall–Kier alpha value is -2.38. The molecule has 1 heterocycles. The Morgan fingerprint density at radius 1 is 1.07 bits per heavy atom. The van der Waals surface area contributed by atoms with Crippen LogP contribution in [0.25, 0.3) is 0 Å². The van der Waals surface area contributed by atoms with Crippen molar-refractivity contribution in [2.24, 2.45) is 5.92 Å². The molecule has 1 N–H and O–H groups in total. The zero-order chi connectivity index (χ0) is 21.6. The van der Waals surface area contributed by atoms with Gasteiger partial charge in [0, 0.05) is 19.0 Å². The number of aryl methyl sites for hydroxylation is 2. The number of nitrogens with zero attached hydrogens (tertiary/aromatic N) is 1. The molecule has 3 rings (SSSR count). The highest BCUT2D eigenvalue weighted by Gasteiger charge is 2.31. The van der Waals surface area contributed by atoms with Gasteiger partial charge in [0.05, 0.1) is 12.3 Å². The summed E-state index contributed by atoms with van der Waals surface area (Å²) < 4.78 is 32.5. The zero-order valence-corrected chi connectivity index (χ0v) is 18.5. The summed E-state index contributed by atoms with van der Waals surface area (Å²) in [6, 6.07) is 15.3. The van der Waals surface area contributed by atoms with Crippen molar-refractivity contribution in [3.8, 4) is 5.75 Å². The predicted molar refractivity (Wildman–Crippen MR) is 118 cm³/mol. The third-order valence-electron chi connectivity index (χ3n) is 5.35. The molecule has 0 aliphatic carbocycles. The van der Waals surface area contributed by atoms with Crippen LogP contribution in [0.15, 0.2) is 48.5 Å². The van der Waals surface area contributed by atoms with E-state index in [1.807, 2.05) is 62.4 Å². The van der Waals surface area contributed by atoms with E-state index in [0.29, 0.717) is 39.1 Å². The molecule has 1 saturated heterocycles. The molecular formula is C23H30N2O4S. The number of carbonyl (C=O) groups excluding carboxylic acids is 1. The quantitative estimate of drug-likeness (QED) is 0.653. The number of sulfonamides is 1. The van der Waals surface area contributed by atoms with Crippen molar-refractivity contribution < 1.29 is 17.9 Å². The van der Waals surface area contributed by atoms with Crippen molar-refractivity contribution in [2.75, 3.05) is 26.2 Å². The van der Waals surface area contributed by atoms with E-state index in [1.54, 1.807) is 0 Å². The average molecular weight is 431 g/mol. The molecule has 162 valence electrons. The standard InChI is InChI=1S/C23H30N2O4S/c1-18-6-8-20(9-7-18)17-30(27,28)25-13-10-21(11-14-25)23(26)24-12-15-29-22-5-3-4-19(2)16-22/h3-9,16,21H,10-15,17H2,1-2H3,(H,24,26). The third kappa shape index (κ3) is 6.31. The fourth-order valence-electron chi connectivity index (χ4n) is 3.57. The molecule has 0 bridgehead atoms. The first kappa shape index (κ1) is 22.3. The summed E-state index contributed by atoms with van der Waals surface area (Å²) in [5.74, 6) is 0.602. The molecule has 1 amide bonds. The molecule has 0 saturated carbocycles. The number of hydrogen-bond donors (Lipinski definition) is 1. The van der Waals surface area contributed by atoms with Gasteiger partial charge in [-0.25, -0.2) is 12.7 Å². The van der Waals surface area contributed by atoms with E-state index in [9.17, 15) is 13.2 Å². The van der Waals surface area contributed by atoms with Crippen LogP contribution in [0.3, 0.4) is 0 Å². The van der Waals surface area contributed by atoms with E-state index in [0.717, 1.165) is 22.4 Å². The lowest BCUT2D eigenvalue weighted by Gasteiger charge is -2.30. The molecule has 0 aromatic heterocycles. The Balaban J connectivity index is 1.40. The maximum absolute atomic E-state index is 12.7. The number of piperidine rings is 1. The van der Waals surface area contributed by atoms with Crippen LogP contribution in [0, 0.1) is 19.8 Å². The van der Waals surface area contributed by atoms with Crippen LogP contribution < -0.4 is 10.1 Å². The van der Waals surface area contributed by atoms with Gasteiger partial charge in [-0.2, -0.15) is 0 Å². The van der Waals surface area contributed by atoms with Crippen molar-refractivity contribution in [1.82, 2.24) is 9.62 Å². The SMILES string of the molecule is Cc1ccc(CS(=O)(=O)N2CCC(C(=O)NCCOc3cccc(C)c3)CC2)cc1. The third-order valence-corrected chi connectivity index (χ3v) is 7.20. The van der Waals surface area contributed by atoms with E-state index in [-0.39, 0.29) is 17.6 Å². The Labute approximate surface area is 179 Å². The lowest BCUT2D eigenvalue weighted by atomic mass is 9.97. The highest BCUT2D eigenvalue weighted by atomic mass is 32.2. The van der Waals surface area contributed by atoms with Crippen LogP contribution in [-0.2, 0) is 20.6 Å². The van der Waals surface area contributed by atoms with Gasteiger partial charge in [0.25, 0.3) is 0 Å². The average Bonchev–Trinajstić information content (AvgIpc) is 2.73. The first-order valence-electron chi connectivity index (χ1n) is 10.3. The van der Waals surface area contributed by atoms with Crippen molar-refractivity contribution in [2.45, 2.75) is 32.4 Å². The normalized spacial score (nSPS) is 15.7. The summed E-state index contributed by atoms with van der Waals surface area (Å²) in [5, 5.41) is 2.90. The highest BCUT2D eigenvalue weighted by molar-refractivity contribution is 7.88. The maximum atomic E-state index is 12.7. The Kier molecular flexibility index (Phi) is 7.50. The minimum Gasteiger partial charge on any atom is -0.492 e. The van der Waals surface area contributed by atoms with E-state index >= 15 is 0 Å². The van der Waals surface area contributed by atoms with Crippen LogP contribution in [0.5, 0.6) is 5.75 Å². The molecule has 0 unspecified atom stereocenters. The van der Waals surface area contributed by atoms with Gasteiger partial charge in [-0.3, -0.25) is 4.79 Å². The molecule has 2 aromatic rings. The number of amides is 1. The van der Waals surface area contributed by atoms with Crippen LogP contribution in [0.1, 0.15) is 29.5 Å². The summed E-state index contributed by atoms with van der Waals surface area (Å²) in [4.78, 5) is 12.4. The molecule has 6 nitrogen and oxygen atoms in total. The van der Waals surface area contributed by atoms with Gasteiger partial charge >= 0.3 is 0 Å². The van der Waals surface area contributed by atoms with Crippen molar-refractivity contribution in [3.63, 3.8) is 0 Å². The van der Waals surface area contributed by atoms with Gasteiger partial charge in [0.2, 0.25) is 15.9 Å².